The third kappa shape index (κ3) is 5.79. The van der Waals surface area contributed by atoms with E-state index in [1.54, 1.807) is 24.3 Å². The van der Waals surface area contributed by atoms with Crippen molar-refractivity contribution in [1.82, 2.24) is 9.47 Å². The molecule has 2 aromatic carbocycles. The van der Waals surface area contributed by atoms with E-state index < -0.39 is 41.4 Å². The van der Waals surface area contributed by atoms with Gasteiger partial charge in [0.2, 0.25) is 5.91 Å². The standard InChI is InChI=1S/C25H22ClFN4O6/c1-37-18-11-21(31(13-18)25(36)28-16-5-3-15(26)4-6-16)23(33)29-20-8-7-17(10-19(20)27)30-12-14(24(34)35)2-9-22(30)32/h2-10,12,18,21H,11,13H2,1H3,(H,28,36)(H,29,33)(H,34,35)/t18-,21-/m1/s1. The number of pyridine rings is 1. The van der Waals surface area contributed by atoms with Crippen molar-refractivity contribution in [3.63, 3.8) is 0 Å². The van der Waals surface area contributed by atoms with Crippen LogP contribution in [0.15, 0.2) is 65.6 Å². The molecule has 1 aliphatic heterocycles. The summed E-state index contributed by atoms with van der Waals surface area (Å²) < 4.78 is 21.3. The van der Waals surface area contributed by atoms with Crippen LogP contribution in [0.2, 0.25) is 5.02 Å². The van der Waals surface area contributed by atoms with E-state index in [0.29, 0.717) is 10.7 Å². The summed E-state index contributed by atoms with van der Waals surface area (Å²) in [5.41, 5.74) is -0.315. The van der Waals surface area contributed by atoms with Gasteiger partial charge in [0.1, 0.15) is 11.9 Å². The van der Waals surface area contributed by atoms with E-state index in [1.807, 2.05) is 0 Å². The number of halogens is 2. The molecule has 2 atom stereocenters. The minimum absolute atomic E-state index is 0.0767. The zero-order chi connectivity index (χ0) is 26.7. The average molecular weight is 529 g/mol. The number of amides is 3. The van der Waals surface area contributed by atoms with Gasteiger partial charge in [-0.05, 0) is 42.5 Å². The molecule has 0 saturated carbocycles. The van der Waals surface area contributed by atoms with Crippen LogP contribution in [0.1, 0.15) is 16.8 Å². The van der Waals surface area contributed by atoms with E-state index in [1.165, 1.54) is 24.1 Å². The lowest BCUT2D eigenvalue weighted by Gasteiger charge is -2.24. The molecule has 1 aliphatic rings. The number of hydrogen-bond donors (Lipinski definition) is 3. The summed E-state index contributed by atoms with van der Waals surface area (Å²) in [6.07, 6.45) is 0.887. The monoisotopic (exact) mass is 528 g/mol. The summed E-state index contributed by atoms with van der Waals surface area (Å²) >= 11 is 5.88. The van der Waals surface area contributed by atoms with E-state index in [2.05, 4.69) is 10.6 Å². The molecule has 1 fully saturated rings. The van der Waals surface area contributed by atoms with Gasteiger partial charge in [-0.3, -0.25) is 14.2 Å². The maximum absolute atomic E-state index is 14.9. The molecule has 3 aromatic rings. The van der Waals surface area contributed by atoms with Crippen LogP contribution in [0.25, 0.3) is 5.69 Å². The second kappa shape index (κ2) is 10.8. The SMILES string of the molecule is CO[C@@H]1C[C@H](C(=O)Nc2ccc(-n3cc(C(=O)O)ccc3=O)cc2F)N(C(=O)Nc2ccc(Cl)cc2)C1. The van der Waals surface area contributed by atoms with E-state index in [0.717, 1.165) is 29.0 Å². The minimum atomic E-state index is -1.24. The predicted molar refractivity (Wildman–Crippen MR) is 134 cm³/mol. The first kappa shape index (κ1) is 25.9. The lowest BCUT2D eigenvalue weighted by Crippen LogP contribution is -2.45. The molecular weight excluding hydrogens is 507 g/mol. The van der Waals surface area contributed by atoms with E-state index in [9.17, 15) is 23.6 Å². The van der Waals surface area contributed by atoms with E-state index in [4.69, 9.17) is 21.4 Å². The van der Waals surface area contributed by atoms with Gasteiger partial charge in [0.05, 0.1) is 23.0 Å². The van der Waals surface area contributed by atoms with Gasteiger partial charge in [0.15, 0.2) is 0 Å². The van der Waals surface area contributed by atoms with Crippen molar-refractivity contribution in [2.45, 2.75) is 18.6 Å². The zero-order valence-electron chi connectivity index (χ0n) is 19.5. The van der Waals surface area contributed by atoms with Gasteiger partial charge in [-0.2, -0.15) is 0 Å². The fourth-order valence-corrected chi connectivity index (χ4v) is 4.08. The molecule has 0 unspecified atom stereocenters. The molecule has 3 amide bonds. The highest BCUT2D eigenvalue weighted by Crippen LogP contribution is 2.25. The number of aromatic nitrogens is 1. The number of nitrogens with zero attached hydrogens (tertiary/aromatic N) is 2. The Kier molecular flexibility index (Phi) is 7.55. The van der Waals surface area contributed by atoms with Crippen LogP contribution in [0, 0.1) is 5.82 Å². The quantitative estimate of drug-likeness (QED) is 0.448. The smallest absolute Gasteiger partial charge is 0.337 e. The predicted octanol–water partition coefficient (Wildman–Crippen LogP) is 3.59. The summed E-state index contributed by atoms with van der Waals surface area (Å²) in [5, 5.41) is 14.8. The molecule has 2 heterocycles. The average Bonchev–Trinajstić information content (AvgIpc) is 3.32. The Bertz CT molecular complexity index is 1410. The Morgan fingerprint density at radius 3 is 2.46 bits per heavy atom. The molecule has 4 rings (SSSR count). The number of rotatable bonds is 6. The summed E-state index contributed by atoms with van der Waals surface area (Å²) in [7, 11) is 1.47. The van der Waals surface area contributed by atoms with Crippen molar-refractivity contribution in [3.8, 4) is 5.69 Å². The minimum Gasteiger partial charge on any atom is -0.478 e. The molecule has 0 bridgehead atoms. The topological polar surface area (TPSA) is 130 Å². The summed E-state index contributed by atoms with van der Waals surface area (Å²) in [5.74, 6) is -2.71. The molecular formula is C25H22ClFN4O6. The fourth-order valence-electron chi connectivity index (χ4n) is 3.96. The van der Waals surface area contributed by atoms with Crippen molar-refractivity contribution < 1.29 is 28.6 Å². The zero-order valence-corrected chi connectivity index (χ0v) is 20.2. The molecule has 192 valence electrons. The molecule has 3 N–H and O–H groups in total. The normalized spacial score (nSPS) is 16.9. The van der Waals surface area contributed by atoms with Crippen LogP contribution >= 0.6 is 11.6 Å². The number of anilines is 2. The Morgan fingerprint density at radius 2 is 1.81 bits per heavy atom. The lowest BCUT2D eigenvalue weighted by molar-refractivity contribution is -0.119. The maximum atomic E-state index is 14.9. The van der Waals surface area contributed by atoms with Crippen molar-refractivity contribution in [2.24, 2.45) is 0 Å². The molecule has 10 nitrogen and oxygen atoms in total. The first-order valence-corrected chi connectivity index (χ1v) is 11.5. The summed E-state index contributed by atoms with van der Waals surface area (Å²) in [6, 6.07) is 10.8. The number of benzene rings is 2. The first-order valence-electron chi connectivity index (χ1n) is 11.1. The van der Waals surface area contributed by atoms with Crippen LogP contribution in [0.5, 0.6) is 0 Å². The largest absolute Gasteiger partial charge is 0.478 e. The van der Waals surface area contributed by atoms with E-state index >= 15 is 0 Å². The van der Waals surface area contributed by atoms with Crippen LogP contribution in [-0.2, 0) is 9.53 Å². The summed E-state index contributed by atoms with van der Waals surface area (Å²) in [4.78, 5) is 50.7. The van der Waals surface area contributed by atoms with Gasteiger partial charge in [-0.15, -0.1) is 0 Å². The van der Waals surface area contributed by atoms with Gasteiger partial charge >= 0.3 is 12.0 Å². The van der Waals surface area contributed by atoms with Crippen LogP contribution in [-0.4, -0.2) is 58.3 Å². The van der Waals surface area contributed by atoms with Gasteiger partial charge < -0.3 is 25.4 Å². The highest BCUT2D eigenvalue weighted by Gasteiger charge is 2.40. The Balaban J connectivity index is 1.52. The first-order chi connectivity index (χ1) is 17.7. The number of ether oxygens (including phenoxy) is 1. The highest BCUT2D eigenvalue weighted by molar-refractivity contribution is 6.30. The molecule has 0 aliphatic carbocycles. The number of hydrogen-bond acceptors (Lipinski definition) is 5. The van der Waals surface area contributed by atoms with Crippen molar-refractivity contribution >= 4 is 40.9 Å². The molecule has 0 spiro atoms. The number of carboxylic acid groups (broad SMARTS) is 1. The number of carbonyl (C=O) groups excluding carboxylic acids is 2. The number of carboxylic acids is 1. The number of likely N-dealkylation sites (tertiary alicyclic amines) is 1. The Labute approximate surface area is 215 Å². The second-order valence-electron chi connectivity index (χ2n) is 8.28. The van der Waals surface area contributed by atoms with Gasteiger partial charge in [0.25, 0.3) is 5.56 Å². The second-order valence-corrected chi connectivity index (χ2v) is 8.72. The fraction of sp³-hybridized carbons (Fsp3) is 0.200. The molecule has 37 heavy (non-hydrogen) atoms. The number of aromatic carboxylic acids is 1. The van der Waals surface area contributed by atoms with Crippen LogP contribution in [0.4, 0.5) is 20.6 Å². The number of urea groups is 1. The van der Waals surface area contributed by atoms with Crippen LogP contribution in [0.3, 0.4) is 0 Å². The Morgan fingerprint density at radius 1 is 1.08 bits per heavy atom. The highest BCUT2D eigenvalue weighted by atomic mass is 35.5. The number of carbonyl (C=O) groups is 3. The van der Waals surface area contributed by atoms with Crippen molar-refractivity contribution in [1.29, 1.82) is 0 Å². The molecule has 1 aromatic heterocycles. The van der Waals surface area contributed by atoms with Crippen LogP contribution < -0.4 is 16.2 Å². The third-order valence-corrected chi connectivity index (χ3v) is 6.15. The van der Waals surface area contributed by atoms with E-state index in [-0.39, 0.29) is 29.9 Å². The molecule has 12 heteroatoms. The Hall–Kier alpha value is -4.22. The van der Waals surface area contributed by atoms with Gasteiger partial charge in [-0.25, -0.2) is 14.0 Å². The molecule has 0 radical (unpaired) electrons. The van der Waals surface area contributed by atoms with Gasteiger partial charge in [-0.1, -0.05) is 11.6 Å². The van der Waals surface area contributed by atoms with Crippen molar-refractivity contribution in [2.75, 3.05) is 24.3 Å². The number of methoxy groups -OCH3 is 1. The molecule has 1 saturated heterocycles. The maximum Gasteiger partial charge on any atom is 0.337 e. The lowest BCUT2D eigenvalue weighted by atomic mass is 10.1. The third-order valence-electron chi connectivity index (χ3n) is 5.90. The summed E-state index contributed by atoms with van der Waals surface area (Å²) in [6.45, 7) is 0.151. The number of nitrogens with one attached hydrogen (secondary N) is 2. The van der Waals surface area contributed by atoms with Gasteiger partial charge in [0, 0.05) is 49.1 Å². The van der Waals surface area contributed by atoms with Crippen molar-refractivity contribution in [3.05, 3.63) is 87.6 Å².